The third-order valence-electron chi connectivity index (χ3n) is 12.5. The van der Waals surface area contributed by atoms with Crippen LogP contribution >= 0.6 is 0 Å². The molecule has 1 saturated heterocycles. The first-order valence-electron chi connectivity index (χ1n) is 20.7. The Morgan fingerprint density at radius 2 is 1.55 bits per heavy atom. The molecule has 7 nitrogen and oxygen atoms in total. The summed E-state index contributed by atoms with van der Waals surface area (Å²) in [5.41, 5.74) is 0.718. The van der Waals surface area contributed by atoms with Crippen LogP contribution in [0.15, 0.2) is 10.6 Å². The molecule has 0 aromatic heterocycles. The Morgan fingerprint density at radius 3 is 1.94 bits per heavy atom. The van der Waals surface area contributed by atoms with Crippen LogP contribution in [0.2, 0.25) is 0 Å². The maximum atomic E-state index is 12.2. The van der Waals surface area contributed by atoms with Crippen molar-refractivity contribution in [1.82, 2.24) is 0 Å². The molecule has 1 aliphatic heterocycles. The molecular weight excluding hydrogens is 661 g/mol. The Bertz CT molecular complexity index is 1200. The van der Waals surface area contributed by atoms with E-state index in [0.29, 0.717) is 17.9 Å². The third kappa shape index (κ3) is 16.0. The summed E-state index contributed by atoms with van der Waals surface area (Å²) in [6.45, 7) is 37.0. The lowest BCUT2D eigenvalue weighted by Gasteiger charge is -2.44. The second-order valence-electron chi connectivity index (χ2n) is 16.8. The Hall–Kier alpha value is -1.99. The van der Waals surface area contributed by atoms with Crippen molar-refractivity contribution in [2.45, 2.75) is 180 Å². The minimum Gasteiger partial charge on any atom is -0.390 e. The molecule has 1 aliphatic carbocycles. The normalized spacial score (nSPS) is 37.4. The average Bonchev–Trinajstić information content (AvgIpc) is 3.12. The van der Waals surface area contributed by atoms with Gasteiger partial charge in [-0.1, -0.05) is 89.5 Å². The highest BCUT2D eigenvalue weighted by Crippen LogP contribution is 2.43. The predicted molar refractivity (Wildman–Crippen MR) is 225 cm³/mol. The zero-order chi connectivity index (χ0) is 41.7. The van der Waals surface area contributed by atoms with Crippen molar-refractivity contribution in [3.8, 4) is 17.9 Å². The van der Waals surface area contributed by atoms with Crippen LogP contribution in [0.4, 0.5) is 0 Å². The maximum absolute atomic E-state index is 12.2. The Kier molecular flexibility index (Phi) is 26.0. The molecule has 308 valence electrons. The lowest BCUT2D eigenvalue weighted by Crippen LogP contribution is -2.48. The van der Waals surface area contributed by atoms with Gasteiger partial charge in [-0.25, -0.2) is 4.79 Å². The van der Waals surface area contributed by atoms with Crippen LogP contribution in [-0.2, 0) is 19.0 Å². The summed E-state index contributed by atoms with van der Waals surface area (Å²) in [5, 5.41) is 20.9. The highest BCUT2D eigenvalue weighted by molar-refractivity contribution is 5.89. The molecule has 0 aromatic carbocycles. The van der Waals surface area contributed by atoms with E-state index in [4.69, 9.17) is 24.5 Å². The van der Waals surface area contributed by atoms with Crippen molar-refractivity contribution < 1.29 is 24.1 Å². The summed E-state index contributed by atoms with van der Waals surface area (Å²) in [6.07, 6.45) is 5.02. The zero-order valence-corrected chi connectivity index (χ0v) is 37.9. The summed E-state index contributed by atoms with van der Waals surface area (Å²) in [7, 11) is 3.52. The van der Waals surface area contributed by atoms with Gasteiger partial charge in [0.2, 0.25) is 0 Å². The highest BCUT2D eigenvalue weighted by Gasteiger charge is 2.44. The fourth-order valence-electron chi connectivity index (χ4n) is 8.40. The fraction of sp³-hybridized carbons (Fsp3) is 0.870. The number of hydrogen-bond acceptors (Lipinski definition) is 7. The second-order valence-corrected chi connectivity index (χ2v) is 16.8. The van der Waals surface area contributed by atoms with E-state index in [1.807, 2.05) is 41.5 Å². The van der Waals surface area contributed by atoms with Gasteiger partial charge in [-0.15, -0.1) is 11.8 Å². The van der Waals surface area contributed by atoms with E-state index in [-0.39, 0.29) is 64.6 Å². The monoisotopic (exact) mass is 745 g/mol. The molecule has 1 heterocycles. The Labute approximate surface area is 328 Å². The summed E-state index contributed by atoms with van der Waals surface area (Å²) >= 11 is 0. The van der Waals surface area contributed by atoms with Gasteiger partial charge in [0, 0.05) is 44.6 Å². The number of aliphatic hydroxyl groups is 1. The molecule has 2 fully saturated rings. The van der Waals surface area contributed by atoms with Crippen molar-refractivity contribution in [2.24, 2.45) is 57.8 Å². The smallest absolute Gasteiger partial charge is 0.123 e. The van der Waals surface area contributed by atoms with E-state index in [1.54, 1.807) is 14.2 Å². The van der Waals surface area contributed by atoms with Crippen LogP contribution in [0, 0.1) is 75.9 Å². The first kappa shape index (κ1) is 53.1. The number of hydrogen-bond donors (Lipinski definition) is 1. The van der Waals surface area contributed by atoms with Crippen molar-refractivity contribution in [3.05, 3.63) is 5.57 Å². The van der Waals surface area contributed by atoms with E-state index in [9.17, 15) is 9.90 Å². The van der Waals surface area contributed by atoms with Gasteiger partial charge in [0.15, 0.2) is 0 Å². The number of carbonyl (C=O) groups excluding carboxylic acids is 1. The quantitative estimate of drug-likeness (QED) is 0.215. The topological polar surface area (TPSA) is 101 Å². The molecule has 2 aliphatic rings. The molecule has 0 aromatic rings. The second kappa shape index (κ2) is 26.0. The minimum atomic E-state index is -0.961. The van der Waals surface area contributed by atoms with E-state index < -0.39 is 5.60 Å². The van der Waals surface area contributed by atoms with Crippen LogP contribution in [0.5, 0.6) is 0 Å². The predicted octanol–water partition coefficient (Wildman–Crippen LogP) is 10.8. The van der Waals surface area contributed by atoms with Gasteiger partial charge >= 0.3 is 0 Å². The SMILES string of the molecule is CC.CC#CC.CC[C@H]1CC(=C=O)C(C)[C@@H](OC)[C@H](C)C[C@](C)(OC)C[C@@H](C)C(=NCC(C)C)C(C)C(C)[C@]1(C)O.CC[C@]1(C)CCOC(C)[C@@H]1C#N. The zero-order valence-electron chi connectivity index (χ0n) is 37.9. The molecule has 7 heteroatoms. The average molecular weight is 745 g/mol. The Balaban J connectivity index is 0. The first-order valence-corrected chi connectivity index (χ1v) is 20.7. The molecule has 0 bridgehead atoms. The van der Waals surface area contributed by atoms with Gasteiger partial charge in [-0.05, 0) is 108 Å². The van der Waals surface area contributed by atoms with E-state index in [1.165, 1.54) is 0 Å². The first-order chi connectivity index (χ1) is 24.7. The lowest BCUT2D eigenvalue weighted by molar-refractivity contribution is -0.0674. The number of aliphatic imine (C=N–C) groups is 1. The standard InChI is InChI=1S/C30H55NO4.C10H17NO.C4H6.C2H6/c1-13-26-14-25(18-32)23(7)28(34-11)21(5)16-29(9,35-12)15-20(4)27(31-17-19(2)3)22(6)24(8)30(26,10)33;1-4-10(3)5-6-12-8(2)9(10)7-11;1-3-4-2;1-2/h19-24,26,28,33H,13-17H2,1-12H3;8-9H,4-6H2,1-3H3;1-2H3;1-2H3/t20-,21-,22?,23?,24?,26+,28+,29-,30+;8?,9-,10+;;/m10../s1. The maximum Gasteiger partial charge on any atom is 0.123 e. The molecule has 53 heavy (non-hydrogen) atoms. The van der Waals surface area contributed by atoms with Crippen molar-refractivity contribution >= 4 is 11.7 Å². The summed E-state index contributed by atoms with van der Waals surface area (Å²) in [4.78, 5) is 17.3. The van der Waals surface area contributed by atoms with E-state index in [0.717, 1.165) is 51.0 Å². The van der Waals surface area contributed by atoms with E-state index >= 15 is 0 Å². The molecule has 2 rings (SSSR count). The number of ether oxygens (including phenoxy) is 3. The molecule has 1 N–H and O–H groups in total. The number of nitriles is 1. The van der Waals surface area contributed by atoms with Crippen LogP contribution in [0.25, 0.3) is 0 Å². The van der Waals surface area contributed by atoms with Crippen LogP contribution in [0.1, 0.15) is 156 Å². The summed E-state index contributed by atoms with van der Waals surface area (Å²) < 4.78 is 17.6. The number of methoxy groups -OCH3 is 2. The minimum absolute atomic E-state index is 0.0297. The summed E-state index contributed by atoms with van der Waals surface area (Å²) in [6, 6.07) is 2.37. The molecule has 4 unspecified atom stereocenters. The molecule has 0 amide bonds. The lowest BCUT2D eigenvalue weighted by atomic mass is 9.66. The third-order valence-corrected chi connectivity index (χ3v) is 12.5. The van der Waals surface area contributed by atoms with Crippen LogP contribution in [0.3, 0.4) is 0 Å². The van der Waals surface area contributed by atoms with Gasteiger partial charge in [-0.3, -0.25) is 4.99 Å². The van der Waals surface area contributed by atoms with Crippen molar-refractivity contribution in [2.75, 3.05) is 27.4 Å². The molecule has 0 spiro atoms. The van der Waals surface area contributed by atoms with Gasteiger partial charge in [0.05, 0.1) is 35.4 Å². The largest absolute Gasteiger partial charge is 0.390 e. The van der Waals surface area contributed by atoms with Gasteiger partial charge < -0.3 is 19.3 Å². The van der Waals surface area contributed by atoms with Crippen molar-refractivity contribution in [1.29, 1.82) is 5.26 Å². The van der Waals surface area contributed by atoms with Crippen LogP contribution in [-0.4, -0.2) is 67.5 Å². The molecule has 1 saturated carbocycles. The molecular formula is C46H84N2O5. The number of rotatable bonds is 6. The van der Waals surface area contributed by atoms with Crippen LogP contribution < -0.4 is 0 Å². The molecule has 12 atom stereocenters. The van der Waals surface area contributed by atoms with Gasteiger partial charge in [0.1, 0.15) is 5.94 Å². The van der Waals surface area contributed by atoms with Crippen molar-refractivity contribution in [3.63, 3.8) is 0 Å². The molecule has 0 radical (unpaired) electrons. The Morgan fingerprint density at radius 1 is 0.981 bits per heavy atom. The highest BCUT2D eigenvalue weighted by atomic mass is 16.5. The fourth-order valence-corrected chi connectivity index (χ4v) is 8.40. The van der Waals surface area contributed by atoms with E-state index in [2.05, 4.69) is 100 Å². The number of nitrogens with zero attached hydrogens (tertiary/aromatic N) is 2. The summed E-state index contributed by atoms with van der Waals surface area (Å²) in [5.74, 6) is 8.46. The van der Waals surface area contributed by atoms with Gasteiger partial charge in [0.25, 0.3) is 0 Å². The van der Waals surface area contributed by atoms with Gasteiger partial charge in [-0.2, -0.15) is 5.26 Å².